The summed E-state index contributed by atoms with van der Waals surface area (Å²) in [5, 5.41) is 10.2. The van der Waals surface area contributed by atoms with Crippen LogP contribution in [0, 0.1) is 0 Å². The van der Waals surface area contributed by atoms with Crippen LogP contribution in [0.25, 0.3) is 0 Å². The molecule has 1 amide bonds. The Bertz CT molecular complexity index is 906. The maximum Gasteiger partial charge on any atom is 0.411 e. The Morgan fingerprint density at radius 3 is 2.46 bits per heavy atom. The molecule has 3 rings (SSSR count). The monoisotopic (exact) mass is 403 g/mol. The first kappa shape index (κ1) is 20.0. The van der Waals surface area contributed by atoms with Crippen molar-refractivity contribution in [2.75, 3.05) is 0 Å². The molecule has 0 aromatic heterocycles. The Morgan fingerprint density at radius 2 is 1.82 bits per heavy atom. The van der Waals surface area contributed by atoms with E-state index in [1.165, 1.54) is 4.90 Å². The van der Waals surface area contributed by atoms with E-state index in [2.05, 4.69) is 0 Å². The average Bonchev–Trinajstić information content (AvgIpc) is 2.59. The number of carbonyl (C=O) groups is 2. The van der Waals surface area contributed by atoms with Crippen LogP contribution in [-0.2, 0) is 22.5 Å². The Balaban J connectivity index is 1.84. The normalized spacial score (nSPS) is 16.3. The van der Waals surface area contributed by atoms with Crippen molar-refractivity contribution < 1.29 is 24.2 Å². The summed E-state index contributed by atoms with van der Waals surface area (Å²) in [5.74, 6) is 0.0990. The van der Waals surface area contributed by atoms with Gasteiger partial charge in [0.25, 0.3) is 0 Å². The number of halogens is 1. The highest BCUT2D eigenvalue weighted by atomic mass is 35.5. The number of benzene rings is 2. The van der Waals surface area contributed by atoms with E-state index in [1.807, 2.05) is 6.07 Å². The van der Waals surface area contributed by atoms with E-state index in [0.29, 0.717) is 16.5 Å². The number of hydrogen-bond donors (Lipinski definition) is 1. The molecule has 1 aliphatic rings. The van der Waals surface area contributed by atoms with Crippen molar-refractivity contribution in [1.29, 1.82) is 0 Å². The van der Waals surface area contributed by atoms with Crippen molar-refractivity contribution in [1.82, 2.24) is 4.90 Å². The molecule has 28 heavy (non-hydrogen) atoms. The summed E-state index contributed by atoms with van der Waals surface area (Å²) in [6.45, 7) is 5.41. The van der Waals surface area contributed by atoms with Crippen LogP contribution in [0.1, 0.15) is 31.9 Å². The van der Waals surface area contributed by atoms with Gasteiger partial charge in [0.1, 0.15) is 23.1 Å². The Hall–Kier alpha value is -2.73. The van der Waals surface area contributed by atoms with Crippen LogP contribution in [0.3, 0.4) is 0 Å². The van der Waals surface area contributed by atoms with E-state index in [4.69, 9.17) is 21.1 Å². The summed E-state index contributed by atoms with van der Waals surface area (Å²) in [5.41, 5.74) is 0.989. The molecule has 148 valence electrons. The predicted molar refractivity (Wildman–Crippen MR) is 105 cm³/mol. The highest BCUT2D eigenvalue weighted by Gasteiger charge is 2.37. The van der Waals surface area contributed by atoms with Gasteiger partial charge < -0.3 is 14.6 Å². The third-order valence-electron chi connectivity index (χ3n) is 4.25. The minimum absolute atomic E-state index is 0.165. The minimum atomic E-state index is -1.07. The minimum Gasteiger partial charge on any atom is -0.480 e. The molecule has 6 nitrogen and oxygen atoms in total. The summed E-state index contributed by atoms with van der Waals surface area (Å²) in [6.07, 6.45) is -0.457. The van der Waals surface area contributed by atoms with Gasteiger partial charge in [0.2, 0.25) is 0 Å². The van der Waals surface area contributed by atoms with Crippen LogP contribution in [0.2, 0.25) is 5.02 Å². The molecule has 2 aromatic rings. The predicted octanol–water partition coefficient (Wildman–Crippen LogP) is 4.88. The fourth-order valence-corrected chi connectivity index (χ4v) is 3.20. The lowest BCUT2D eigenvalue weighted by atomic mass is 9.94. The summed E-state index contributed by atoms with van der Waals surface area (Å²) in [6, 6.07) is 11.5. The fraction of sp³-hybridized carbons (Fsp3) is 0.333. The summed E-state index contributed by atoms with van der Waals surface area (Å²) >= 11 is 5.98. The number of fused-ring (bicyclic) bond motifs is 1. The molecule has 0 radical (unpaired) electrons. The molecule has 2 aromatic carbocycles. The Morgan fingerprint density at radius 1 is 1.11 bits per heavy atom. The van der Waals surface area contributed by atoms with Gasteiger partial charge in [0, 0.05) is 11.4 Å². The quantitative estimate of drug-likeness (QED) is 0.790. The third-order valence-corrected chi connectivity index (χ3v) is 4.49. The number of carboxylic acid groups (broad SMARTS) is 1. The first-order chi connectivity index (χ1) is 13.1. The number of carboxylic acids is 1. The topological polar surface area (TPSA) is 76.1 Å². The van der Waals surface area contributed by atoms with Gasteiger partial charge in [-0.2, -0.15) is 0 Å². The molecule has 0 fully saturated rings. The van der Waals surface area contributed by atoms with Gasteiger partial charge in [-0.1, -0.05) is 23.7 Å². The second-order valence-electron chi connectivity index (χ2n) is 7.66. The zero-order valence-corrected chi connectivity index (χ0v) is 16.7. The van der Waals surface area contributed by atoms with Gasteiger partial charge in [-0.05, 0) is 62.2 Å². The van der Waals surface area contributed by atoms with Crippen LogP contribution < -0.4 is 4.74 Å². The number of ether oxygens (including phenoxy) is 2. The van der Waals surface area contributed by atoms with Crippen molar-refractivity contribution >= 4 is 23.7 Å². The van der Waals surface area contributed by atoms with Crippen molar-refractivity contribution in [3.8, 4) is 11.5 Å². The summed E-state index contributed by atoms with van der Waals surface area (Å²) < 4.78 is 11.2. The maximum atomic E-state index is 12.5. The molecule has 1 N–H and O–H groups in total. The lowest BCUT2D eigenvalue weighted by molar-refractivity contribution is -0.143. The van der Waals surface area contributed by atoms with Crippen LogP contribution in [0.15, 0.2) is 42.5 Å². The lowest BCUT2D eigenvalue weighted by Gasteiger charge is -2.35. The molecule has 7 heteroatoms. The molecule has 0 bridgehead atoms. The molecule has 0 unspecified atom stereocenters. The van der Waals surface area contributed by atoms with Gasteiger partial charge in [0.05, 0.1) is 6.54 Å². The average molecular weight is 404 g/mol. The molecule has 0 aliphatic carbocycles. The highest BCUT2D eigenvalue weighted by Crippen LogP contribution is 2.31. The standard InChI is InChI=1S/C21H22ClNO5/c1-21(2,3)28-20(26)23-12-13-7-8-17(9-14(13)10-18(23)19(24)25)27-16-6-4-5-15(22)11-16/h4-9,11,18H,10,12H2,1-3H3,(H,24,25)/t18-/m0/s1. The van der Waals surface area contributed by atoms with Crippen molar-refractivity contribution in [2.45, 2.75) is 45.4 Å². The molecular formula is C21H22ClNO5. The molecule has 1 aliphatic heterocycles. The van der Waals surface area contributed by atoms with Crippen LogP contribution in [-0.4, -0.2) is 33.7 Å². The maximum absolute atomic E-state index is 12.5. The molecule has 0 saturated carbocycles. The first-order valence-corrected chi connectivity index (χ1v) is 9.28. The second kappa shape index (κ2) is 7.72. The SMILES string of the molecule is CC(C)(C)OC(=O)N1Cc2ccc(Oc3cccc(Cl)c3)cc2C[C@H]1C(=O)O. The van der Waals surface area contributed by atoms with Crippen LogP contribution in [0.4, 0.5) is 4.79 Å². The van der Waals surface area contributed by atoms with E-state index in [1.54, 1.807) is 57.2 Å². The van der Waals surface area contributed by atoms with Gasteiger partial charge >= 0.3 is 12.1 Å². The van der Waals surface area contributed by atoms with E-state index >= 15 is 0 Å². The smallest absolute Gasteiger partial charge is 0.411 e. The molecule has 1 atom stereocenters. The summed E-state index contributed by atoms with van der Waals surface area (Å²) in [4.78, 5) is 25.5. The van der Waals surface area contributed by atoms with Crippen LogP contribution in [0.5, 0.6) is 11.5 Å². The lowest BCUT2D eigenvalue weighted by Crippen LogP contribution is -2.50. The Kier molecular flexibility index (Phi) is 5.52. The number of nitrogens with zero attached hydrogens (tertiary/aromatic N) is 1. The van der Waals surface area contributed by atoms with E-state index in [-0.39, 0.29) is 13.0 Å². The van der Waals surface area contributed by atoms with Gasteiger partial charge in [0.15, 0.2) is 0 Å². The van der Waals surface area contributed by atoms with Crippen molar-refractivity contribution in [3.63, 3.8) is 0 Å². The molecule has 1 heterocycles. The number of aliphatic carboxylic acids is 1. The van der Waals surface area contributed by atoms with E-state index in [9.17, 15) is 14.7 Å². The van der Waals surface area contributed by atoms with E-state index in [0.717, 1.165) is 11.1 Å². The molecule has 0 saturated heterocycles. The zero-order chi connectivity index (χ0) is 20.5. The zero-order valence-electron chi connectivity index (χ0n) is 15.9. The number of rotatable bonds is 3. The number of carbonyl (C=O) groups excluding carboxylic acids is 1. The van der Waals surface area contributed by atoms with Crippen LogP contribution >= 0.6 is 11.6 Å². The fourth-order valence-electron chi connectivity index (χ4n) is 3.02. The second-order valence-corrected chi connectivity index (χ2v) is 8.09. The highest BCUT2D eigenvalue weighted by molar-refractivity contribution is 6.30. The largest absolute Gasteiger partial charge is 0.480 e. The van der Waals surface area contributed by atoms with E-state index < -0.39 is 23.7 Å². The van der Waals surface area contributed by atoms with Crippen molar-refractivity contribution in [2.24, 2.45) is 0 Å². The van der Waals surface area contributed by atoms with Gasteiger partial charge in [-0.15, -0.1) is 0 Å². The number of hydrogen-bond acceptors (Lipinski definition) is 4. The van der Waals surface area contributed by atoms with Gasteiger partial charge in [-0.3, -0.25) is 4.90 Å². The third kappa shape index (κ3) is 4.75. The summed E-state index contributed by atoms with van der Waals surface area (Å²) in [7, 11) is 0. The van der Waals surface area contributed by atoms with Crippen molar-refractivity contribution in [3.05, 3.63) is 58.6 Å². The number of amides is 1. The molecular weight excluding hydrogens is 382 g/mol. The molecule has 0 spiro atoms. The Labute approximate surface area is 168 Å². The van der Waals surface area contributed by atoms with Gasteiger partial charge in [-0.25, -0.2) is 9.59 Å². The first-order valence-electron chi connectivity index (χ1n) is 8.90.